The summed E-state index contributed by atoms with van der Waals surface area (Å²) in [5.74, 6) is 0.0172. The van der Waals surface area contributed by atoms with Crippen LogP contribution in [-0.4, -0.2) is 42.0 Å². The van der Waals surface area contributed by atoms with Crippen molar-refractivity contribution in [3.05, 3.63) is 35.4 Å². The molecular formula is C18H24ClF3N4O. The smallest absolute Gasteiger partial charge is 0.334 e. The van der Waals surface area contributed by atoms with Crippen LogP contribution >= 0.6 is 12.4 Å². The summed E-state index contributed by atoms with van der Waals surface area (Å²) in [6.07, 6.45) is -1.78. The van der Waals surface area contributed by atoms with E-state index in [1.165, 1.54) is 12.1 Å². The SMILES string of the molecule is Cl.O=C(C1NNC2CCNCC21)N(Cc1ccccc1C(F)(F)F)C1CC1. The van der Waals surface area contributed by atoms with Gasteiger partial charge in [0.15, 0.2) is 0 Å². The van der Waals surface area contributed by atoms with Gasteiger partial charge in [-0.1, -0.05) is 18.2 Å². The van der Waals surface area contributed by atoms with Gasteiger partial charge in [-0.15, -0.1) is 12.4 Å². The number of rotatable bonds is 4. The molecule has 0 radical (unpaired) electrons. The lowest BCUT2D eigenvalue weighted by atomic mass is 9.88. The summed E-state index contributed by atoms with van der Waals surface area (Å²) in [6, 6.07) is 5.41. The number of fused-ring (bicyclic) bond motifs is 1. The average Bonchev–Trinajstić information content (AvgIpc) is 3.37. The monoisotopic (exact) mass is 404 g/mol. The highest BCUT2D eigenvalue weighted by Gasteiger charge is 2.45. The number of nitrogens with zero attached hydrogens (tertiary/aromatic N) is 1. The fourth-order valence-electron chi connectivity index (χ4n) is 4.03. The Balaban J connectivity index is 0.00000210. The van der Waals surface area contributed by atoms with Crippen molar-refractivity contribution >= 4 is 18.3 Å². The van der Waals surface area contributed by atoms with E-state index < -0.39 is 17.8 Å². The maximum absolute atomic E-state index is 13.3. The van der Waals surface area contributed by atoms with Gasteiger partial charge in [-0.25, -0.2) is 5.43 Å². The molecular weight excluding hydrogens is 381 g/mol. The number of halogens is 4. The van der Waals surface area contributed by atoms with E-state index in [2.05, 4.69) is 16.2 Å². The van der Waals surface area contributed by atoms with Crippen LogP contribution in [0.4, 0.5) is 13.2 Å². The number of benzene rings is 1. The molecule has 1 amide bonds. The lowest BCUT2D eigenvalue weighted by Gasteiger charge is -2.31. The van der Waals surface area contributed by atoms with E-state index in [1.54, 1.807) is 11.0 Å². The van der Waals surface area contributed by atoms with Gasteiger partial charge in [-0.05, 0) is 37.4 Å². The molecule has 1 aromatic rings. The van der Waals surface area contributed by atoms with E-state index in [0.29, 0.717) is 0 Å². The van der Waals surface area contributed by atoms with E-state index in [4.69, 9.17) is 0 Å². The molecule has 3 unspecified atom stereocenters. The molecule has 3 N–H and O–H groups in total. The van der Waals surface area contributed by atoms with Crippen LogP contribution in [0, 0.1) is 5.92 Å². The van der Waals surface area contributed by atoms with Crippen molar-refractivity contribution in [3.8, 4) is 0 Å². The van der Waals surface area contributed by atoms with E-state index in [1.807, 2.05) is 0 Å². The minimum Gasteiger partial charge on any atom is -0.334 e. The average molecular weight is 405 g/mol. The topological polar surface area (TPSA) is 56.4 Å². The van der Waals surface area contributed by atoms with Crippen LogP contribution in [0.3, 0.4) is 0 Å². The van der Waals surface area contributed by atoms with E-state index in [9.17, 15) is 18.0 Å². The second-order valence-electron chi connectivity index (χ2n) is 7.38. The first kappa shape index (κ1) is 20.4. The third-order valence-electron chi connectivity index (χ3n) is 5.58. The van der Waals surface area contributed by atoms with Gasteiger partial charge in [0, 0.05) is 31.1 Å². The molecule has 0 spiro atoms. The zero-order valence-electron chi connectivity index (χ0n) is 14.8. The Labute approximate surface area is 162 Å². The van der Waals surface area contributed by atoms with Crippen LogP contribution in [0.5, 0.6) is 0 Å². The molecule has 2 saturated heterocycles. The Bertz CT molecular complexity index is 683. The fraction of sp³-hybridized carbons (Fsp3) is 0.611. The van der Waals surface area contributed by atoms with Crippen LogP contribution in [0.25, 0.3) is 0 Å². The van der Waals surface area contributed by atoms with Crippen molar-refractivity contribution in [1.82, 2.24) is 21.1 Å². The van der Waals surface area contributed by atoms with Crippen LogP contribution in [0.2, 0.25) is 0 Å². The molecule has 9 heteroatoms. The van der Waals surface area contributed by atoms with Crippen molar-refractivity contribution in [1.29, 1.82) is 0 Å². The van der Waals surface area contributed by atoms with Gasteiger partial charge in [0.25, 0.3) is 0 Å². The Hall–Kier alpha value is -1.35. The molecule has 3 aliphatic rings. The summed E-state index contributed by atoms with van der Waals surface area (Å²) >= 11 is 0. The lowest BCUT2D eigenvalue weighted by Crippen LogP contribution is -2.51. The normalized spacial score (nSPS) is 27.6. The first-order valence-electron chi connectivity index (χ1n) is 9.12. The number of alkyl halides is 3. The fourth-order valence-corrected chi connectivity index (χ4v) is 4.03. The molecule has 150 valence electrons. The molecule has 3 atom stereocenters. The second kappa shape index (κ2) is 7.95. The van der Waals surface area contributed by atoms with Gasteiger partial charge in [-0.3, -0.25) is 10.2 Å². The molecule has 1 aromatic carbocycles. The molecule has 0 aromatic heterocycles. The summed E-state index contributed by atoms with van der Waals surface area (Å²) in [4.78, 5) is 14.8. The Morgan fingerprint density at radius 2 is 1.89 bits per heavy atom. The van der Waals surface area contributed by atoms with Crippen LogP contribution in [0.15, 0.2) is 24.3 Å². The first-order chi connectivity index (χ1) is 12.4. The number of hydrogen-bond acceptors (Lipinski definition) is 4. The molecule has 1 saturated carbocycles. The minimum atomic E-state index is -4.42. The Kier molecular flexibility index (Phi) is 6.00. The number of hydrogen-bond donors (Lipinski definition) is 3. The second-order valence-corrected chi connectivity index (χ2v) is 7.38. The molecule has 2 aliphatic heterocycles. The zero-order valence-corrected chi connectivity index (χ0v) is 15.6. The maximum Gasteiger partial charge on any atom is 0.416 e. The summed E-state index contributed by atoms with van der Waals surface area (Å²) < 4.78 is 39.9. The number of amides is 1. The molecule has 1 aliphatic carbocycles. The van der Waals surface area contributed by atoms with Gasteiger partial charge >= 0.3 is 6.18 Å². The summed E-state index contributed by atoms with van der Waals surface area (Å²) in [7, 11) is 0. The number of piperidine rings is 1. The van der Waals surface area contributed by atoms with Crippen molar-refractivity contribution in [2.45, 2.75) is 50.1 Å². The molecule has 3 fully saturated rings. The number of hydrazine groups is 1. The maximum atomic E-state index is 13.3. The first-order valence-corrected chi connectivity index (χ1v) is 9.12. The number of nitrogens with one attached hydrogen (secondary N) is 3. The van der Waals surface area contributed by atoms with Crippen molar-refractivity contribution < 1.29 is 18.0 Å². The molecule has 0 bridgehead atoms. The predicted octanol–water partition coefficient (Wildman–Crippen LogP) is 2.07. The van der Waals surface area contributed by atoms with Crippen molar-refractivity contribution in [3.63, 3.8) is 0 Å². The van der Waals surface area contributed by atoms with E-state index in [-0.39, 0.29) is 48.4 Å². The highest BCUT2D eigenvalue weighted by atomic mass is 35.5. The third-order valence-corrected chi connectivity index (χ3v) is 5.58. The van der Waals surface area contributed by atoms with E-state index >= 15 is 0 Å². The summed E-state index contributed by atoms with van der Waals surface area (Å²) in [5, 5.41) is 3.30. The zero-order chi connectivity index (χ0) is 18.3. The van der Waals surface area contributed by atoms with Gasteiger partial charge in [0.05, 0.1) is 5.56 Å². The molecule has 2 heterocycles. The summed E-state index contributed by atoms with van der Waals surface area (Å²) in [5.41, 5.74) is 5.77. The summed E-state index contributed by atoms with van der Waals surface area (Å²) in [6.45, 7) is 1.64. The Morgan fingerprint density at radius 3 is 2.59 bits per heavy atom. The lowest BCUT2D eigenvalue weighted by molar-refractivity contribution is -0.141. The van der Waals surface area contributed by atoms with Crippen LogP contribution in [-0.2, 0) is 17.5 Å². The van der Waals surface area contributed by atoms with Gasteiger partial charge in [0.1, 0.15) is 6.04 Å². The standard InChI is InChI=1S/C18H23F3N4O.ClH/c19-18(20,21)14-4-2-1-3-11(14)10-25(12-5-6-12)17(26)16-13-9-22-8-7-15(13)23-24-16;/h1-4,12-13,15-16,22-24H,5-10H2;1H. The predicted molar refractivity (Wildman–Crippen MR) is 97.1 cm³/mol. The highest BCUT2D eigenvalue weighted by Crippen LogP contribution is 2.35. The molecule has 4 rings (SSSR count). The van der Waals surface area contributed by atoms with Crippen molar-refractivity contribution in [2.24, 2.45) is 5.92 Å². The van der Waals surface area contributed by atoms with Gasteiger partial charge < -0.3 is 10.2 Å². The quantitative estimate of drug-likeness (QED) is 0.719. The molecule has 5 nitrogen and oxygen atoms in total. The number of carbonyl (C=O) groups excluding carboxylic acids is 1. The highest BCUT2D eigenvalue weighted by molar-refractivity contribution is 5.85. The largest absolute Gasteiger partial charge is 0.416 e. The van der Waals surface area contributed by atoms with Crippen LogP contribution in [0.1, 0.15) is 30.4 Å². The minimum absolute atomic E-state index is 0. The van der Waals surface area contributed by atoms with E-state index in [0.717, 1.165) is 38.4 Å². The number of carbonyl (C=O) groups is 1. The van der Waals surface area contributed by atoms with Crippen LogP contribution < -0.4 is 16.2 Å². The molecule has 27 heavy (non-hydrogen) atoms. The van der Waals surface area contributed by atoms with Crippen molar-refractivity contribution in [2.75, 3.05) is 13.1 Å². The Morgan fingerprint density at radius 1 is 1.15 bits per heavy atom. The third kappa shape index (κ3) is 4.23. The van der Waals surface area contributed by atoms with Gasteiger partial charge in [0.2, 0.25) is 5.91 Å². The van der Waals surface area contributed by atoms with Gasteiger partial charge in [-0.2, -0.15) is 13.2 Å².